The Hall–Kier alpha value is -1.21. The van der Waals surface area contributed by atoms with Crippen molar-refractivity contribution in [3.8, 4) is 6.07 Å². The van der Waals surface area contributed by atoms with Gasteiger partial charge in [-0.2, -0.15) is 5.26 Å². The molecule has 0 amide bonds. The summed E-state index contributed by atoms with van der Waals surface area (Å²) in [6.45, 7) is 0. The van der Waals surface area contributed by atoms with E-state index in [2.05, 4.69) is 6.07 Å². The quantitative estimate of drug-likeness (QED) is 0.793. The van der Waals surface area contributed by atoms with Gasteiger partial charge in [0.25, 0.3) is 0 Å². The van der Waals surface area contributed by atoms with Crippen LogP contribution in [0.4, 0.5) is 4.39 Å². The van der Waals surface area contributed by atoms with Gasteiger partial charge in [-0.3, -0.25) is 4.21 Å². The fourth-order valence-corrected chi connectivity index (χ4v) is 3.76. The highest BCUT2D eigenvalue weighted by atomic mass is 32.2. The first kappa shape index (κ1) is 11.3. The average Bonchev–Trinajstić information content (AvgIpc) is 2.76. The van der Waals surface area contributed by atoms with E-state index in [1.807, 2.05) is 0 Å². The minimum Gasteiger partial charge on any atom is -0.254 e. The summed E-state index contributed by atoms with van der Waals surface area (Å²) in [6, 6.07) is 8.03. The molecule has 0 spiro atoms. The highest BCUT2D eigenvalue weighted by molar-refractivity contribution is 7.85. The minimum atomic E-state index is -1.26. The second kappa shape index (κ2) is 4.75. The maximum absolute atomic E-state index is 13.0. The fraction of sp³-hybridized carbons (Fsp3) is 0.417. The van der Waals surface area contributed by atoms with Crippen LogP contribution in [0.25, 0.3) is 0 Å². The van der Waals surface area contributed by atoms with Crippen LogP contribution in [0.15, 0.2) is 29.2 Å². The minimum absolute atomic E-state index is 0.133. The van der Waals surface area contributed by atoms with Crippen molar-refractivity contribution in [1.82, 2.24) is 0 Å². The predicted molar refractivity (Wildman–Crippen MR) is 59.6 cm³/mol. The normalized spacial score (nSPS) is 26.2. The van der Waals surface area contributed by atoms with Crippen molar-refractivity contribution in [3.63, 3.8) is 0 Å². The maximum Gasteiger partial charge on any atom is 0.124 e. The van der Waals surface area contributed by atoms with Crippen molar-refractivity contribution < 1.29 is 8.60 Å². The number of halogens is 1. The number of hydrogen-bond donors (Lipinski definition) is 0. The van der Waals surface area contributed by atoms with Gasteiger partial charge in [-0.05, 0) is 31.0 Å². The lowest BCUT2D eigenvalue weighted by Crippen LogP contribution is -2.19. The molecule has 16 heavy (non-hydrogen) atoms. The summed E-state index contributed by atoms with van der Waals surface area (Å²) >= 11 is 0. The lowest BCUT2D eigenvalue weighted by molar-refractivity contribution is 0.619. The molecule has 1 aromatic carbocycles. The molecule has 3 unspecified atom stereocenters. The van der Waals surface area contributed by atoms with Gasteiger partial charge in [0.15, 0.2) is 0 Å². The Labute approximate surface area is 96.5 Å². The van der Waals surface area contributed by atoms with Crippen LogP contribution in [0, 0.1) is 23.1 Å². The Morgan fingerprint density at radius 1 is 1.44 bits per heavy atom. The van der Waals surface area contributed by atoms with Crippen LogP contribution in [-0.2, 0) is 10.8 Å². The van der Waals surface area contributed by atoms with Gasteiger partial charge in [0.1, 0.15) is 5.82 Å². The van der Waals surface area contributed by atoms with E-state index >= 15 is 0 Å². The van der Waals surface area contributed by atoms with Gasteiger partial charge in [-0.1, -0.05) is 12.5 Å². The van der Waals surface area contributed by atoms with E-state index < -0.39 is 10.8 Å². The Morgan fingerprint density at radius 2 is 2.25 bits per heavy atom. The van der Waals surface area contributed by atoms with Gasteiger partial charge in [0.05, 0.1) is 28.0 Å². The van der Waals surface area contributed by atoms with E-state index in [0.29, 0.717) is 4.90 Å². The second-order valence-electron chi connectivity index (χ2n) is 3.96. The lowest BCUT2D eigenvalue weighted by Gasteiger charge is -2.12. The summed E-state index contributed by atoms with van der Waals surface area (Å²) < 4.78 is 25.2. The summed E-state index contributed by atoms with van der Waals surface area (Å²) in [4.78, 5) is 0.493. The standard InChI is InChI=1S/C12H12FNOS/c13-10-4-2-5-11(7-10)16(15)12-6-1-3-9(12)8-14/h2,4-5,7,9,12H,1,3,6H2. The Kier molecular flexibility index (Phi) is 3.35. The summed E-state index contributed by atoms with van der Waals surface area (Å²) in [6.07, 6.45) is 2.54. The predicted octanol–water partition coefficient (Wildman–Crippen LogP) is 2.63. The van der Waals surface area contributed by atoms with Crippen LogP contribution < -0.4 is 0 Å². The molecular weight excluding hydrogens is 225 g/mol. The van der Waals surface area contributed by atoms with Gasteiger partial charge >= 0.3 is 0 Å². The number of benzene rings is 1. The third kappa shape index (κ3) is 2.14. The van der Waals surface area contributed by atoms with Crippen molar-refractivity contribution >= 4 is 10.8 Å². The number of nitriles is 1. The van der Waals surface area contributed by atoms with Crippen molar-refractivity contribution in [2.24, 2.45) is 5.92 Å². The van der Waals surface area contributed by atoms with Crippen molar-refractivity contribution in [1.29, 1.82) is 5.26 Å². The second-order valence-corrected chi connectivity index (χ2v) is 5.63. The molecule has 4 heteroatoms. The van der Waals surface area contributed by atoms with Crippen LogP contribution in [0.2, 0.25) is 0 Å². The molecule has 0 saturated heterocycles. The van der Waals surface area contributed by atoms with Gasteiger partial charge < -0.3 is 0 Å². The number of hydrogen-bond acceptors (Lipinski definition) is 2. The molecule has 84 valence electrons. The molecule has 0 aliphatic heterocycles. The van der Waals surface area contributed by atoms with Crippen LogP contribution in [0.1, 0.15) is 19.3 Å². The highest BCUT2D eigenvalue weighted by Crippen LogP contribution is 2.31. The van der Waals surface area contributed by atoms with E-state index in [0.717, 1.165) is 19.3 Å². The molecule has 1 aliphatic carbocycles. The molecule has 1 aliphatic rings. The lowest BCUT2D eigenvalue weighted by atomic mass is 10.1. The topological polar surface area (TPSA) is 40.9 Å². The van der Waals surface area contributed by atoms with Crippen LogP contribution >= 0.6 is 0 Å². The molecule has 0 radical (unpaired) electrons. The van der Waals surface area contributed by atoms with Crippen molar-refractivity contribution in [3.05, 3.63) is 30.1 Å². The molecule has 2 nitrogen and oxygen atoms in total. The zero-order valence-corrected chi connectivity index (χ0v) is 9.54. The number of nitrogens with zero attached hydrogens (tertiary/aromatic N) is 1. The van der Waals surface area contributed by atoms with E-state index in [-0.39, 0.29) is 17.0 Å². The summed E-state index contributed by atoms with van der Waals surface area (Å²) in [5.41, 5.74) is 0. The van der Waals surface area contributed by atoms with E-state index in [1.54, 1.807) is 12.1 Å². The Balaban J connectivity index is 2.23. The largest absolute Gasteiger partial charge is 0.254 e. The molecule has 2 rings (SSSR count). The van der Waals surface area contributed by atoms with E-state index in [4.69, 9.17) is 5.26 Å². The van der Waals surface area contributed by atoms with Crippen molar-refractivity contribution in [2.75, 3.05) is 0 Å². The third-order valence-corrected chi connectivity index (χ3v) is 4.75. The van der Waals surface area contributed by atoms with Crippen molar-refractivity contribution in [2.45, 2.75) is 29.4 Å². The monoisotopic (exact) mass is 237 g/mol. The van der Waals surface area contributed by atoms with Gasteiger partial charge in [0, 0.05) is 4.90 Å². The Bertz CT molecular complexity index is 455. The molecule has 3 atom stereocenters. The third-order valence-electron chi connectivity index (χ3n) is 2.92. The van der Waals surface area contributed by atoms with Gasteiger partial charge in [0.2, 0.25) is 0 Å². The molecular formula is C12H12FNOS. The molecule has 1 aromatic rings. The van der Waals surface area contributed by atoms with E-state index in [1.165, 1.54) is 12.1 Å². The smallest absolute Gasteiger partial charge is 0.124 e. The zero-order chi connectivity index (χ0) is 11.5. The molecule has 0 heterocycles. The first-order valence-electron chi connectivity index (χ1n) is 5.28. The van der Waals surface area contributed by atoms with Crippen LogP contribution in [-0.4, -0.2) is 9.46 Å². The number of rotatable bonds is 2. The molecule has 0 N–H and O–H groups in total. The first-order valence-corrected chi connectivity index (χ1v) is 6.49. The summed E-state index contributed by atoms with van der Waals surface area (Å²) in [5.74, 6) is -0.526. The molecule has 0 aromatic heterocycles. The Morgan fingerprint density at radius 3 is 2.94 bits per heavy atom. The van der Waals surface area contributed by atoms with Crippen LogP contribution in [0.5, 0.6) is 0 Å². The fourth-order valence-electron chi connectivity index (χ4n) is 2.10. The van der Waals surface area contributed by atoms with Gasteiger partial charge in [-0.15, -0.1) is 0 Å². The SMILES string of the molecule is N#CC1CCCC1S(=O)c1cccc(F)c1. The van der Waals surface area contributed by atoms with Gasteiger partial charge in [-0.25, -0.2) is 4.39 Å². The summed E-state index contributed by atoms with van der Waals surface area (Å²) in [7, 11) is -1.26. The summed E-state index contributed by atoms with van der Waals surface area (Å²) in [5, 5.41) is 8.80. The molecule has 0 bridgehead atoms. The van der Waals surface area contributed by atoms with Crippen LogP contribution in [0.3, 0.4) is 0 Å². The highest BCUT2D eigenvalue weighted by Gasteiger charge is 2.32. The average molecular weight is 237 g/mol. The maximum atomic E-state index is 13.0. The molecule has 1 fully saturated rings. The molecule has 1 saturated carbocycles. The first-order chi connectivity index (χ1) is 7.72. The van der Waals surface area contributed by atoms with E-state index in [9.17, 15) is 8.60 Å². The zero-order valence-electron chi connectivity index (χ0n) is 8.73.